The van der Waals surface area contributed by atoms with Gasteiger partial charge in [-0.2, -0.15) is 5.10 Å². The van der Waals surface area contributed by atoms with Gasteiger partial charge in [0.2, 0.25) is 10.0 Å². The van der Waals surface area contributed by atoms with Crippen LogP contribution in [-0.2, 0) is 17.1 Å². The van der Waals surface area contributed by atoms with Crippen LogP contribution >= 0.6 is 24.8 Å². The van der Waals surface area contributed by atoms with Crippen LogP contribution in [0, 0.1) is 5.92 Å². The van der Waals surface area contributed by atoms with Crippen molar-refractivity contribution in [3.8, 4) is 0 Å². The smallest absolute Gasteiger partial charge is 0.213 e. The number of halogens is 2. The van der Waals surface area contributed by atoms with E-state index >= 15 is 0 Å². The third kappa shape index (κ3) is 4.33. The summed E-state index contributed by atoms with van der Waals surface area (Å²) in [5.74, 6) is 0.530. The maximum atomic E-state index is 11.9. The van der Waals surface area contributed by atoms with Crippen LogP contribution in [0.3, 0.4) is 0 Å². The Kier molecular flexibility index (Phi) is 7.48. The molecule has 2 heterocycles. The number of hydrogen-bond acceptors (Lipinski definition) is 4. The van der Waals surface area contributed by atoms with Crippen LogP contribution in [0.25, 0.3) is 0 Å². The Bertz CT molecular complexity index is 518. The SMILES string of the molecule is CN(C)S(=O)(=O)CC1CNCC1c1cnn(C)c1.Cl.Cl. The quantitative estimate of drug-likeness (QED) is 0.861. The fourth-order valence-electron chi connectivity index (χ4n) is 2.35. The molecule has 6 nitrogen and oxygen atoms in total. The van der Waals surface area contributed by atoms with Gasteiger partial charge in [0.25, 0.3) is 0 Å². The van der Waals surface area contributed by atoms with Crippen molar-refractivity contribution in [3.63, 3.8) is 0 Å². The summed E-state index contributed by atoms with van der Waals surface area (Å²) >= 11 is 0. The Morgan fingerprint density at radius 1 is 1.40 bits per heavy atom. The summed E-state index contributed by atoms with van der Waals surface area (Å²) < 4.78 is 26.9. The molecule has 2 atom stereocenters. The van der Waals surface area contributed by atoms with Crippen LogP contribution in [0.1, 0.15) is 11.5 Å². The van der Waals surface area contributed by atoms with E-state index in [1.54, 1.807) is 18.8 Å². The molecule has 0 spiro atoms. The summed E-state index contributed by atoms with van der Waals surface area (Å²) in [5.41, 5.74) is 1.11. The summed E-state index contributed by atoms with van der Waals surface area (Å²) in [6.45, 7) is 1.56. The van der Waals surface area contributed by atoms with E-state index in [0.29, 0.717) is 0 Å². The predicted octanol–water partition coefficient (Wildman–Crippen LogP) is 0.458. The summed E-state index contributed by atoms with van der Waals surface area (Å²) in [4.78, 5) is 0. The summed E-state index contributed by atoms with van der Waals surface area (Å²) in [6, 6.07) is 0. The highest BCUT2D eigenvalue weighted by Crippen LogP contribution is 2.29. The van der Waals surface area contributed by atoms with E-state index in [4.69, 9.17) is 0 Å². The van der Waals surface area contributed by atoms with Crippen molar-refractivity contribution < 1.29 is 8.42 Å². The molecule has 1 aromatic rings. The number of hydrogen-bond donors (Lipinski definition) is 1. The molecule has 0 saturated carbocycles. The molecule has 0 aliphatic carbocycles. The van der Waals surface area contributed by atoms with E-state index in [9.17, 15) is 8.42 Å². The van der Waals surface area contributed by atoms with Crippen molar-refractivity contribution in [3.05, 3.63) is 18.0 Å². The zero-order chi connectivity index (χ0) is 13.3. The van der Waals surface area contributed by atoms with Gasteiger partial charge in [0, 0.05) is 39.8 Å². The minimum atomic E-state index is -3.15. The Balaban J connectivity index is 0.00000180. The average molecular weight is 345 g/mol. The van der Waals surface area contributed by atoms with Crippen molar-refractivity contribution in [2.45, 2.75) is 5.92 Å². The van der Waals surface area contributed by atoms with Gasteiger partial charge in [-0.25, -0.2) is 12.7 Å². The zero-order valence-electron chi connectivity index (χ0n) is 11.8. The van der Waals surface area contributed by atoms with E-state index < -0.39 is 10.0 Å². The molecule has 2 rings (SSSR count). The molecule has 1 saturated heterocycles. The number of aryl methyl sites for hydroxylation is 1. The van der Waals surface area contributed by atoms with Crippen molar-refractivity contribution >= 4 is 34.8 Å². The van der Waals surface area contributed by atoms with Gasteiger partial charge in [0.1, 0.15) is 0 Å². The van der Waals surface area contributed by atoms with E-state index in [-0.39, 0.29) is 42.4 Å². The highest BCUT2D eigenvalue weighted by molar-refractivity contribution is 7.89. The largest absolute Gasteiger partial charge is 0.316 e. The Labute approximate surface area is 132 Å². The van der Waals surface area contributed by atoms with Crippen LogP contribution in [0.2, 0.25) is 0 Å². The minimum absolute atomic E-state index is 0. The van der Waals surface area contributed by atoms with E-state index in [1.165, 1.54) is 4.31 Å². The first-order chi connectivity index (χ1) is 8.40. The number of rotatable bonds is 4. The molecule has 20 heavy (non-hydrogen) atoms. The molecule has 1 aliphatic rings. The van der Waals surface area contributed by atoms with Gasteiger partial charge in [-0.3, -0.25) is 4.68 Å². The molecule has 118 valence electrons. The fourth-order valence-corrected chi connectivity index (χ4v) is 3.54. The van der Waals surface area contributed by atoms with Crippen molar-refractivity contribution in [2.75, 3.05) is 32.9 Å². The monoisotopic (exact) mass is 344 g/mol. The number of sulfonamides is 1. The molecule has 1 fully saturated rings. The third-order valence-corrected chi connectivity index (χ3v) is 5.44. The van der Waals surface area contributed by atoms with Crippen molar-refractivity contribution in [2.24, 2.45) is 13.0 Å². The van der Waals surface area contributed by atoms with Gasteiger partial charge in [0.05, 0.1) is 11.9 Å². The van der Waals surface area contributed by atoms with Gasteiger partial charge >= 0.3 is 0 Å². The first-order valence-electron chi connectivity index (χ1n) is 5.99. The predicted molar refractivity (Wildman–Crippen MR) is 84.3 cm³/mol. The van der Waals surface area contributed by atoms with Gasteiger partial charge in [0.15, 0.2) is 0 Å². The Morgan fingerprint density at radius 3 is 2.55 bits per heavy atom. The second-order valence-electron chi connectivity index (χ2n) is 5.03. The zero-order valence-corrected chi connectivity index (χ0v) is 14.3. The lowest BCUT2D eigenvalue weighted by Crippen LogP contribution is -2.31. The average Bonchev–Trinajstić information content (AvgIpc) is 2.86. The fraction of sp³-hybridized carbons (Fsp3) is 0.727. The maximum absolute atomic E-state index is 11.9. The van der Waals surface area contributed by atoms with Crippen LogP contribution in [0.4, 0.5) is 0 Å². The third-order valence-electron chi connectivity index (χ3n) is 3.47. The Hall–Kier alpha value is -0.340. The molecule has 0 radical (unpaired) electrons. The molecule has 0 amide bonds. The van der Waals surface area contributed by atoms with Gasteiger partial charge in [-0.15, -0.1) is 24.8 Å². The molecule has 1 aliphatic heterocycles. The lowest BCUT2D eigenvalue weighted by molar-refractivity contribution is 0.492. The molecular formula is C11H22Cl2N4O2S. The molecule has 1 aromatic heterocycles. The van der Waals surface area contributed by atoms with Crippen LogP contribution < -0.4 is 5.32 Å². The van der Waals surface area contributed by atoms with Crippen LogP contribution in [-0.4, -0.2) is 55.4 Å². The minimum Gasteiger partial charge on any atom is -0.316 e. The van der Waals surface area contributed by atoms with Gasteiger partial charge in [-0.05, 0) is 18.0 Å². The number of nitrogens with one attached hydrogen (secondary N) is 1. The normalized spacial score (nSPS) is 22.4. The first-order valence-corrected chi connectivity index (χ1v) is 7.60. The summed E-state index contributed by atoms with van der Waals surface area (Å²) in [7, 11) is 1.88. The van der Waals surface area contributed by atoms with E-state index in [2.05, 4.69) is 10.4 Å². The molecule has 0 bridgehead atoms. The molecule has 1 N–H and O–H groups in total. The van der Waals surface area contributed by atoms with Crippen molar-refractivity contribution in [1.29, 1.82) is 0 Å². The second kappa shape index (κ2) is 7.61. The second-order valence-corrected chi connectivity index (χ2v) is 7.26. The van der Waals surface area contributed by atoms with Crippen LogP contribution in [0.15, 0.2) is 12.4 Å². The van der Waals surface area contributed by atoms with Gasteiger partial charge < -0.3 is 5.32 Å². The maximum Gasteiger partial charge on any atom is 0.213 e. The topological polar surface area (TPSA) is 67.2 Å². The van der Waals surface area contributed by atoms with Gasteiger partial charge in [-0.1, -0.05) is 0 Å². The standard InChI is InChI=1S/C11H20N4O2S.2ClH/c1-14(2)18(16,17)8-10-4-12-6-11(10)9-5-13-15(3)7-9;;/h5,7,10-12H,4,6,8H2,1-3H3;2*1H. The number of aromatic nitrogens is 2. The highest BCUT2D eigenvalue weighted by atomic mass is 35.5. The Morgan fingerprint density at radius 2 is 2.05 bits per heavy atom. The lowest BCUT2D eigenvalue weighted by Gasteiger charge is -2.19. The molecule has 9 heteroatoms. The first kappa shape index (κ1) is 19.7. The molecule has 2 unspecified atom stereocenters. The van der Waals surface area contributed by atoms with Crippen LogP contribution in [0.5, 0.6) is 0 Å². The van der Waals surface area contributed by atoms with Crippen molar-refractivity contribution in [1.82, 2.24) is 19.4 Å². The van der Waals surface area contributed by atoms with E-state index in [1.807, 2.05) is 19.4 Å². The molecular weight excluding hydrogens is 323 g/mol. The van der Waals surface area contributed by atoms with E-state index in [0.717, 1.165) is 18.7 Å². The summed E-state index contributed by atoms with van der Waals surface area (Å²) in [6.07, 6.45) is 3.79. The lowest BCUT2D eigenvalue weighted by atomic mass is 9.92. The highest BCUT2D eigenvalue weighted by Gasteiger charge is 2.33. The molecule has 0 aromatic carbocycles. The number of nitrogens with zero attached hydrogens (tertiary/aromatic N) is 3. The summed E-state index contributed by atoms with van der Waals surface area (Å²) in [5, 5.41) is 7.43.